The van der Waals surface area contributed by atoms with Crippen molar-refractivity contribution in [1.29, 1.82) is 0 Å². The molecule has 0 aliphatic rings. The van der Waals surface area contributed by atoms with E-state index >= 15 is 0 Å². The highest BCUT2D eigenvalue weighted by atomic mass is 15.3. The van der Waals surface area contributed by atoms with Crippen LogP contribution in [0.3, 0.4) is 0 Å². The summed E-state index contributed by atoms with van der Waals surface area (Å²) in [6, 6.07) is 0. The zero-order valence-corrected chi connectivity index (χ0v) is 9.33. The molecule has 0 aromatic carbocycles. The van der Waals surface area contributed by atoms with E-state index in [1.54, 1.807) is 0 Å². The summed E-state index contributed by atoms with van der Waals surface area (Å²) in [7, 11) is 0. The second kappa shape index (κ2) is 6.67. The quantitative estimate of drug-likeness (QED) is 0.564. The topological polar surface area (TPSA) is 0 Å². The molecule has 0 N–H and O–H groups in total. The Labute approximate surface area is 82.7 Å². The first-order valence-electron chi connectivity index (χ1n) is 5.03. The van der Waals surface area contributed by atoms with Crippen LogP contribution in [0, 0.1) is 0 Å². The minimum Gasteiger partial charge on any atom is -0.246 e. The van der Waals surface area contributed by atoms with Crippen LogP contribution in [0.25, 0.3) is 0 Å². The monoisotopic (exact) mass is 180 g/mol. The van der Waals surface area contributed by atoms with Crippen LogP contribution in [0.2, 0.25) is 0 Å². The highest BCUT2D eigenvalue weighted by Crippen LogP contribution is 2.13. The van der Waals surface area contributed by atoms with Gasteiger partial charge in [-0.3, -0.25) is 0 Å². The molecule has 0 fully saturated rings. The van der Waals surface area contributed by atoms with Crippen molar-refractivity contribution >= 4 is 0 Å². The molecule has 0 radical (unpaired) electrons. The molecule has 0 amide bonds. The summed E-state index contributed by atoms with van der Waals surface area (Å²) in [6.45, 7) is 9.53. The summed E-state index contributed by atoms with van der Waals surface area (Å²) in [5.74, 6) is 0. The van der Waals surface area contributed by atoms with E-state index in [-0.39, 0.29) is 0 Å². The highest BCUT2D eigenvalue weighted by molar-refractivity contribution is 4.84. The van der Waals surface area contributed by atoms with Gasteiger partial charge in [-0.15, -0.1) is 0 Å². The lowest BCUT2D eigenvalue weighted by molar-refractivity contribution is -0.773. The normalized spacial score (nSPS) is 17.5. The number of hydrogen-bond donors (Lipinski definition) is 0. The molecule has 0 aliphatic carbocycles. The van der Waals surface area contributed by atoms with Gasteiger partial charge in [-0.05, 0) is 45.4 Å². The Balaban J connectivity index is 4.79. The third-order valence-corrected chi connectivity index (χ3v) is 1.89. The third kappa shape index (κ3) is 4.09. The maximum atomic E-state index is 2.21. The fraction of sp³-hybridized carbons (Fsp3) is 0.500. The first-order chi connectivity index (χ1) is 6.24. The SMILES string of the molecule is CC=C[N+](C=CC)(C=CC)CCC. The standard InChI is InChI=1S/C12H22N/c1-5-9-13(10-6-2,11-7-3)12-8-4/h5-7,9-11H,8,12H2,1-4H3/q+1. The van der Waals surface area contributed by atoms with Crippen LogP contribution in [0.1, 0.15) is 34.1 Å². The first-order valence-corrected chi connectivity index (χ1v) is 5.03. The van der Waals surface area contributed by atoms with E-state index in [4.69, 9.17) is 0 Å². The van der Waals surface area contributed by atoms with E-state index in [1.165, 1.54) is 6.42 Å². The predicted octanol–water partition coefficient (Wildman–Crippen LogP) is 3.81. The van der Waals surface area contributed by atoms with Gasteiger partial charge in [-0.1, -0.05) is 6.92 Å². The van der Waals surface area contributed by atoms with Gasteiger partial charge < -0.3 is 0 Å². The second-order valence-corrected chi connectivity index (χ2v) is 3.17. The average Bonchev–Trinajstić information content (AvgIpc) is 2.06. The van der Waals surface area contributed by atoms with Gasteiger partial charge in [-0.2, -0.15) is 0 Å². The minimum atomic E-state index is 0.833. The lowest BCUT2D eigenvalue weighted by Gasteiger charge is -2.25. The number of hydrogen-bond acceptors (Lipinski definition) is 0. The van der Waals surface area contributed by atoms with Gasteiger partial charge in [-0.25, -0.2) is 4.48 Å². The fourth-order valence-electron chi connectivity index (χ4n) is 1.59. The molecule has 0 spiro atoms. The zero-order chi connectivity index (χ0) is 10.2. The molecule has 13 heavy (non-hydrogen) atoms. The van der Waals surface area contributed by atoms with E-state index < -0.39 is 0 Å². The Kier molecular flexibility index (Phi) is 6.25. The van der Waals surface area contributed by atoms with Crippen molar-refractivity contribution in [3.8, 4) is 0 Å². The van der Waals surface area contributed by atoms with Gasteiger partial charge in [0.25, 0.3) is 0 Å². The fourth-order valence-corrected chi connectivity index (χ4v) is 1.59. The summed E-state index contributed by atoms with van der Waals surface area (Å²) in [5, 5.41) is 0. The predicted molar refractivity (Wildman–Crippen MR) is 59.9 cm³/mol. The van der Waals surface area contributed by atoms with E-state index in [1.807, 2.05) is 0 Å². The Morgan fingerprint density at radius 2 is 1.23 bits per heavy atom. The number of rotatable bonds is 5. The van der Waals surface area contributed by atoms with Crippen LogP contribution in [0.15, 0.2) is 36.8 Å². The van der Waals surface area contributed by atoms with E-state index in [9.17, 15) is 0 Å². The number of allylic oxidation sites excluding steroid dienone is 3. The summed E-state index contributed by atoms with van der Waals surface area (Å²) >= 11 is 0. The van der Waals surface area contributed by atoms with Gasteiger partial charge in [0.05, 0.1) is 6.54 Å². The molecule has 0 aromatic rings. The van der Waals surface area contributed by atoms with Crippen molar-refractivity contribution in [2.45, 2.75) is 34.1 Å². The van der Waals surface area contributed by atoms with Crippen molar-refractivity contribution < 1.29 is 4.48 Å². The van der Waals surface area contributed by atoms with Gasteiger partial charge in [0.2, 0.25) is 0 Å². The van der Waals surface area contributed by atoms with Crippen LogP contribution in [-0.2, 0) is 0 Å². The molecule has 1 heteroatoms. The molecule has 0 bridgehead atoms. The first kappa shape index (κ1) is 12.2. The molecule has 0 unspecified atom stereocenters. The average molecular weight is 180 g/mol. The highest BCUT2D eigenvalue weighted by Gasteiger charge is 2.15. The van der Waals surface area contributed by atoms with Crippen LogP contribution < -0.4 is 0 Å². The lowest BCUT2D eigenvalue weighted by Crippen LogP contribution is -2.31. The Morgan fingerprint density at radius 1 is 0.846 bits per heavy atom. The van der Waals surface area contributed by atoms with E-state index in [0.717, 1.165) is 11.0 Å². The summed E-state index contributed by atoms with van der Waals surface area (Å²) in [6.07, 6.45) is 14.1. The molecular formula is C12H22N+. The maximum absolute atomic E-state index is 2.21. The Hall–Kier alpha value is -0.820. The minimum absolute atomic E-state index is 0.833. The smallest absolute Gasteiger partial charge is 0.101 e. The van der Waals surface area contributed by atoms with Gasteiger partial charge in [0, 0.05) is 0 Å². The van der Waals surface area contributed by atoms with Gasteiger partial charge in [0.15, 0.2) is 0 Å². The maximum Gasteiger partial charge on any atom is 0.101 e. The molecule has 0 saturated heterocycles. The van der Waals surface area contributed by atoms with Crippen LogP contribution in [0.5, 0.6) is 0 Å². The molecule has 0 aliphatic heterocycles. The largest absolute Gasteiger partial charge is 0.246 e. The summed E-state index contributed by atoms with van der Waals surface area (Å²) < 4.78 is 0.833. The molecule has 0 heterocycles. The van der Waals surface area contributed by atoms with Crippen LogP contribution in [-0.4, -0.2) is 11.0 Å². The van der Waals surface area contributed by atoms with Crippen molar-refractivity contribution in [3.63, 3.8) is 0 Å². The van der Waals surface area contributed by atoms with Gasteiger partial charge in [0.1, 0.15) is 18.6 Å². The molecule has 0 atom stereocenters. The summed E-state index contributed by atoms with van der Waals surface area (Å²) in [5.41, 5.74) is 0. The van der Waals surface area contributed by atoms with Crippen molar-refractivity contribution in [3.05, 3.63) is 36.8 Å². The second-order valence-electron chi connectivity index (χ2n) is 3.17. The molecule has 0 saturated carbocycles. The number of quaternary nitrogens is 1. The van der Waals surface area contributed by atoms with Crippen molar-refractivity contribution in [1.82, 2.24) is 0 Å². The Bertz CT molecular complexity index is 168. The van der Waals surface area contributed by atoms with Crippen LogP contribution in [0.4, 0.5) is 0 Å². The zero-order valence-electron chi connectivity index (χ0n) is 9.33. The van der Waals surface area contributed by atoms with Gasteiger partial charge >= 0.3 is 0 Å². The molecular weight excluding hydrogens is 158 g/mol. The molecule has 74 valence electrons. The molecule has 0 aromatic heterocycles. The molecule has 0 rings (SSSR count). The van der Waals surface area contributed by atoms with Crippen molar-refractivity contribution in [2.75, 3.05) is 6.54 Å². The molecule has 1 nitrogen and oxygen atoms in total. The van der Waals surface area contributed by atoms with E-state index in [0.29, 0.717) is 0 Å². The van der Waals surface area contributed by atoms with Crippen molar-refractivity contribution in [2.24, 2.45) is 0 Å². The van der Waals surface area contributed by atoms with Crippen LogP contribution >= 0.6 is 0 Å². The Morgan fingerprint density at radius 3 is 1.46 bits per heavy atom. The lowest BCUT2D eigenvalue weighted by atomic mass is 10.3. The summed E-state index contributed by atoms with van der Waals surface area (Å²) in [4.78, 5) is 0. The van der Waals surface area contributed by atoms with E-state index in [2.05, 4.69) is 64.5 Å². The third-order valence-electron chi connectivity index (χ3n) is 1.89. The number of nitrogens with zero attached hydrogens (tertiary/aromatic N) is 1.